The van der Waals surface area contributed by atoms with Crippen molar-refractivity contribution in [3.8, 4) is 0 Å². The summed E-state index contributed by atoms with van der Waals surface area (Å²) in [5.41, 5.74) is 1.21. The van der Waals surface area contributed by atoms with Crippen molar-refractivity contribution >= 4 is 23.6 Å². The average Bonchev–Trinajstić information content (AvgIpc) is 3.43. The van der Waals surface area contributed by atoms with Crippen LogP contribution in [0.5, 0.6) is 0 Å². The third-order valence-electron chi connectivity index (χ3n) is 10.5. The first kappa shape index (κ1) is 26.3. The van der Waals surface area contributed by atoms with Gasteiger partial charge < -0.3 is 14.2 Å². The van der Waals surface area contributed by atoms with E-state index in [2.05, 4.69) is 45.1 Å². The van der Waals surface area contributed by atoms with Crippen molar-refractivity contribution < 1.29 is 19.0 Å². The van der Waals surface area contributed by atoms with Gasteiger partial charge in [0.05, 0.1) is 13.2 Å². The third-order valence-corrected chi connectivity index (χ3v) is 10.8. The van der Waals surface area contributed by atoms with Gasteiger partial charge in [0.15, 0.2) is 5.79 Å². The van der Waals surface area contributed by atoms with E-state index < -0.39 is 5.79 Å². The van der Waals surface area contributed by atoms with Crippen LogP contribution in [-0.2, 0) is 19.0 Å². The zero-order chi connectivity index (χ0) is 25.6. The Morgan fingerprint density at radius 3 is 2.44 bits per heavy atom. The molecule has 36 heavy (non-hydrogen) atoms. The van der Waals surface area contributed by atoms with Gasteiger partial charge in [-0.15, -0.1) is 0 Å². The van der Waals surface area contributed by atoms with Gasteiger partial charge in [-0.2, -0.15) is 0 Å². The molecule has 2 unspecified atom stereocenters. The van der Waals surface area contributed by atoms with Crippen molar-refractivity contribution in [2.75, 3.05) is 13.2 Å². The van der Waals surface area contributed by atoms with Gasteiger partial charge in [-0.25, -0.2) is 0 Å². The van der Waals surface area contributed by atoms with Gasteiger partial charge in [0.25, 0.3) is 0 Å². The van der Waals surface area contributed by atoms with Crippen molar-refractivity contribution in [1.29, 1.82) is 0 Å². The average molecular weight is 515 g/mol. The second kappa shape index (κ2) is 10.1. The van der Waals surface area contributed by atoms with Crippen LogP contribution in [0.4, 0.5) is 0 Å². The summed E-state index contributed by atoms with van der Waals surface area (Å²) in [4.78, 5) is 12.4. The molecule has 198 valence electrons. The van der Waals surface area contributed by atoms with E-state index in [4.69, 9.17) is 25.8 Å². The number of allylic oxidation sites excluding steroid dienone is 1. The molecule has 5 heteroatoms. The highest BCUT2D eigenvalue weighted by atomic mass is 35.5. The van der Waals surface area contributed by atoms with E-state index in [1.807, 2.05) is 12.1 Å². The molecule has 1 saturated heterocycles. The zero-order valence-electron chi connectivity index (χ0n) is 22.4. The van der Waals surface area contributed by atoms with Gasteiger partial charge in [0, 0.05) is 35.6 Å². The first-order chi connectivity index (χ1) is 17.2. The van der Waals surface area contributed by atoms with E-state index in [0.717, 1.165) is 43.0 Å². The predicted octanol–water partition coefficient (Wildman–Crippen LogP) is 7.69. The highest BCUT2D eigenvalue weighted by Gasteiger charge is 2.67. The minimum atomic E-state index is -0.496. The standard InChI is InChI=1S/C31H43ClO4/c1-21-12-15-29(3,24(20-21)7-5-6-23-8-10-25(32)11-9-23)26-13-16-30(4)27(28(26)36-22(2)33)14-17-31(30)34-18-19-35-31/h5-6,8-11,21,24,26-28H,7,12-20H2,1-4H3/b6-5-/t21-,24-,26?,27?,28+,29-,30-/m0/s1. The Bertz CT molecular complexity index is 967. The number of benzene rings is 1. The van der Waals surface area contributed by atoms with Crippen molar-refractivity contribution in [3.63, 3.8) is 0 Å². The van der Waals surface area contributed by atoms with Crippen molar-refractivity contribution in [1.82, 2.24) is 0 Å². The molecule has 5 rings (SSSR count). The Morgan fingerprint density at radius 2 is 1.75 bits per heavy atom. The maximum absolute atomic E-state index is 12.4. The molecular formula is C31H43ClO4. The summed E-state index contributed by atoms with van der Waals surface area (Å²) in [7, 11) is 0. The quantitative estimate of drug-likeness (QED) is 0.378. The lowest BCUT2D eigenvalue weighted by atomic mass is 9.50. The fraction of sp³-hybridized carbons (Fsp3) is 0.710. The summed E-state index contributed by atoms with van der Waals surface area (Å²) >= 11 is 6.07. The molecule has 3 saturated carbocycles. The molecule has 1 heterocycles. The van der Waals surface area contributed by atoms with Gasteiger partial charge in [0.1, 0.15) is 6.10 Å². The van der Waals surface area contributed by atoms with Gasteiger partial charge in [-0.3, -0.25) is 4.79 Å². The number of hydrogen-bond acceptors (Lipinski definition) is 4. The molecule has 0 bridgehead atoms. The first-order valence-corrected chi connectivity index (χ1v) is 14.4. The Hall–Kier alpha value is -1.36. The lowest BCUT2D eigenvalue weighted by Gasteiger charge is -2.57. The number of carbonyl (C=O) groups is 1. The zero-order valence-corrected chi connectivity index (χ0v) is 23.2. The monoisotopic (exact) mass is 514 g/mol. The van der Waals surface area contributed by atoms with Crippen LogP contribution in [-0.4, -0.2) is 31.1 Å². The fourth-order valence-electron chi connectivity index (χ4n) is 8.45. The van der Waals surface area contributed by atoms with E-state index in [9.17, 15) is 4.79 Å². The molecule has 1 aromatic rings. The topological polar surface area (TPSA) is 44.8 Å². The number of carbonyl (C=O) groups excluding carboxylic acids is 1. The van der Waals surface area contributed by atoms with Crippen LogP contribution in [0.3, 0.4) is 0 Å². The summed E-state index contributed by atoms with van der Waals surface area (Å²) in [5, 5.41) is 0.767. The van der Waals surface area contributed by atoms with Crippen LogP contribution in [0, 0.1) is 34.5 Å². The van der Waals surface area contributed by atoms with Crippen molar-refractivity contribution in [2.45, 2.75) is 91.0 Å². The number of ether oxygens (including phenoxy) is 3. The summed E-state index contributed by atoms with van der Waals surface area (Å²) in [6.07, 6.45) is 13.2. The van der Waals surface area contributed by atoms with Gasteiger partial charge in [-0.05, 0) is 73.5 Å². The second-order valence-electron chi connectivity index (χ2n) is 12.5. The van der Waals surface area contributed by atoms with Crippen LogP contribution < -0.4 is 0 Å². The number of esters is 1. The fourth-order valence-corrected chi connectivity index (χ4v) is 8.58. The van der Waals surface area contributed by atoms with E-state index in [-0.39, 0.29) is 28.8 Å². The Labute approximate surface area is 222 Å². The summed E-state index contributed by atoms with van der Waals surface area (Å²) in [5.74, 6) is 1.27. The molecular weight excluding hydrogens is 472 g/mol. The van der Waals surface area contributed by atoms with Crippen LogP contribution in [0.2, 0.25) is 5.02 Å². The van der Waals surface area contributed by atoms with Crippen LogP contribution in [0.15, 0.2) is 30.3 Å². The molecule has 4 fully saturated rings. The maximum atomic E-state index is 12.4. The molecule has 0 aromatic heterocycles. The molecule has 1 aliphatic heterocycles. The lowest BCUT2D eigenvalue weighted by Crippen LogP contribution is -2.57. The highest BCUT2D eigenvalue weighted by molar-refractivity contribution is 6.30. The first-order valence-electron chi connectivity index (χ1n) is 14.0. The molecule has 0 radical (unpaired) electrons. The lowest BCUT2D eigenvalue weighted by molar-refractivity contribution is -0.252. The van der Waals surface area contributed by atoms with E-state index in [1.54, 1.807) is 6.92 Å². The molecule has 4 aliphatic rings. The maximum Gasteiger partial charge on any atom is 0.302 e. The Kier molecular flexibility index (Phi) is 7.35. The van der Waals surface area contributed by atoms with Gasteiger partial charge >= 0.3 is 5.97 Å². The van der Waals surface area contributed by atoms with Crippen molar-refractivity contribution in [2.24, 2.45) is 34.5 Å². The van der Waals surface area contributed by atoms with Crippen LogP contribution >= 0.6 is 11.6 Å². The van der Waals surface area contributed by atoms with Gasteiger partial charge in [0.2, 0.25) is 0 Å². The molecule has 4 nitrogen and oxygen atoms in total. The van der Waals surface area contributed by atoms with E-state index >= 15 is 0 Å². The summed E-state index contributed by atoms with van der Waals surface area (Å²) in [6, 6.07) is 8.04. The molecule has 0 N–H and O–H groups in total. The molecule has 7 atom stereocenters. The minimum absolute atomic E-state index is 0.0745. The van der Waals surface area contributed by atoms with Gasteiger partial charge in [-0.1, -0.05) is 63.1 Å². The molecule has 1 aromatic carbocycles. The number of fused-ring (bicyclic) bond motifs is 2. The largest absolute Gasteiger partial charge is 0.462 e. The Morgan fingerprint density at radius 1 is 1.06 bits per heavy atom. The predicted molar refractivity (Wildman–Crippen MR) is 143 cm³/mol. The van der Waals surface area contributed by atoms with E-state index in [0.29, 0.717) is 25.0 Å². The number of hydrogen-bond donors (Lipinski definition) is 0. The Balaban J connectivity index is 1.41. The second-order valence-corrected chi connectivity index (χ2v) is 12.9. The molecule has 0 amide bonds. The van der Waals surface area contributed by atoms with Crippen molar-refractivity contribution in [3.05, 3.63) is 40.9 Å². The highest BCUT2D eigenvalue weighted by Crippen LogP contribution is 2.65. The minimum Gasteiger partial charge on any atom is -0.462 e. The molecule has 3 aliphatic carbocycles. The third kappa shape index (κ3) is 4.56. The summed E-state index contributed by atoms with van der Waals surface area (Å²) in [6.45, 7) is 10.1. The normalized spacial score (nSPS) is 40.0. The SMILES string of the molecule is CC(=O)O[C@H]1C2CCC3(OCCO3)[C@@]2(C)CCC1[C@@]1(C)CC[C@H](C)C[C@@H]1C/C=C\c1ccc(Cl)cc1. The smallest absolute Gasteiger partial charge is 0.302 e. The molecule has 1 spiro atoms. The van der Waals surface area contributed by atoms with Crippen LogP contribution in [0.25, 0.3) is 6.08 Å². The van der Waals surface area contributed by atoms with Crippen LogP contribution in [0.1, 0.15) is 84.6 Å². The number of rotatable bonds is 5. The van der Waals surface area contributed by atoms with E-state index in [1.165, 1.54) is 24.8 Å². The summed E-state index contributed by atoms with van der Waals surface area (Å²) < 4.78 is 18.9. The number of halogens is 1.